The molecule has 0 bridgehead atoms. The van der Waals surface area contributed by atoms with Crippen LogP contribution in [-0.2, 0) is 11.2 Å². The predicted octanol–water partition coefficient (Wildman–Crippen LogP) is 3.35. The highest BCUT2D eigenvalue weighted by Crippen LogP contribution is 2.31. The minimum Gasteiger partial charge on any atom is -0.496 e. The summed E-state index contributed by atoms with van der Waals surface area (Å²) in [5.41, 5.74) is 2.46. The number of hydrogen-bond donors (Lipinski definition) is 0. The van der Waals surface area contributed by atoms with Crippen LogP contribution in [-0.4, -0.2) is 22.9 Å². The van der Waals surface area contributed by atoms with Crippen LogP contribution in [0.2, 0.25) is 0 Å². The Bertz CT molecular complexity index is 656. The minimum absolute atomic E-state index is 0.0442. The van der Waals surface area contributed by atoms with Crippen LogP contribution in [0.5, 0.6) is 5.75 Å². The fraction of sp³-hybridized carbons (Fsp3) is 0.267. The highest BCUT2D eigenvalue weighted by Gasteiger charge is 2.11. The lowest BCUT2D eigenvalue weighted by Gasteiger charge is -2.10. The van der Waals surface area contributed by atoms with Crippen molar-refractivity contribution in [3.63, 3.8) is 0 Å². The normalized spacial score (nSPS) is 10.4. The zero-order chi connectivity index (χ0) is 14.7. The number of hydrogen-bond acceptors (Lipinski definition) is 4. The molecule has 0 saturated heterocycles. The van der Waals surface area contributed by atoms with Crippen molar-refractivity contribution in [3.05, 3.63) is 40.3 Å². The van der Waals surface area contributed by atoms with Gasteiger partial charge >= 0.3 is 0 Å². The van der Waals surface area contributed by atoms with E-state index in [9.17, 15) is 4.79 Å². The van der Waals surface area contributed by atoms with Crippen molar-refractivity contribution in [2.75, 3.05) is 7.11 Å². The van der Waals surface area contributed by atoms with E-state index >= 15 is 0 Å². The quantitative estimate of drug-likeness (QED) is 0.860. The number of benzene rings is 1. The average molecular weight is 335 g/mol. The van der Waals surface area contributed by atoms with Gasteiger partial charge < -0.3 is 4.74 Å². The molecular weight excluding hydrogens is 320 g/mol. The van der Waals surface area contributed by atoms with Gasteiger partial charge in [-0.3, -0.25) is 4.79 Å². The van der Waals surface area contributed by atoms with E-state index < -0.39 is 0 Å². The van der Waals surface area contributed by atoms with Crippen molar-refractivity contribution < 1.29 is 9.53 Å². The van der Waals surface area contributed by atoms with E-state index in [-0.39, 0.29) is 12.2 Å². The van der Waals surface area contributed by atoms with Crippen LogP contribution in [0.25, 0.3) is 11.3 Å². The number of methoxy groups -OCH3 is 1. The molecule has 2 aromatic rings. The Labute approximate surface area is 126 Å². The summed E-state index contributed by atoms with van der Waals surface area (Å²) in [5.74, 6) is 1.32. The first kappa shape index (κ1) is 14.7. The minimum atomic E-state index is 0.0442. The number of halogens is 1. The maximum atomic E-state index is 11.2. The Kier molecular flexibility index (Phi) is 4.49. The summed E-state index contributed by atoms with van der Waals surface area (Å²) in [7, 11) is 1.62. The van der Waals surface area contributed by atoms with E-state index in [4.69, 9.17) is 4.74 Å². The van der Waals surface area contributed by atoms with Crippen LogP contribution in [0, 0.1) is 6.92 Å². The maximum absolute atomic E-state index is 11.2. The largest absolute Gasteiger partial charge is 0.496 e. The van der Waals surface area contributed by atoms with Gasteiger partial charge in [0.05, 0.1) is 19.2 Å². The van der Waals surface area contributed by atoms with Crippen LogP contribution in [0.15, 0.2) is 28.7 Å². The number of nitrogens with zero attached hydrogens (tertiary/aromatic N) is 2. The lowest BCUT2D eigenvalue weighted by Crippen LogP contribution is -2.05. The van der Waals surface area contributed by atoms with Crippen molar-refractivity contribution in [2.24, 2.45) is 0 Å². The topological polar surface area (TPSA) is 52.1 Å². The van der Waals surface area contributed by atoms with Gasteiger partial charge in [0.15, 0.2) is 0 Å². The zero-order valence-electron chi connectivity index (χ0n) is 11.6. The molecule has 0 spiro atoms. The number of Topliss-reactive ketones (excluding diaryl/α,β-unsaturated/α-hetero) is 1. The number of carbonyl (C=O) groups excluding carboxylic acids is 1. The first-order valence-electron chi connectivity index (χ1n) is 6.17. The molecule has 0 aliphatic rings. The summed E-state index contributed by atoms with van der Waals surface area (Å²) in [6.45, 7) is 3.42. The second-order valence-electron chi connectivity index (χ2n) is 4.53. The molecule has 1 aromatic heterocycles. The van der Waals surface area contributed by atoms with Crippen LogP contribution in [0.4, 0.5) is 0 Å². The highest BCUT2D eigenvalue weighted by atomic mass is 79.9. The number of aryl methyl sites for hydroxylation is 1. The van der Waals surface area contributed by atoms with Crippen molar-refractivity contribution in [1.82, 2.24) is 9.97 Å². The fourth-order valence-electron chi connectivity index (χ4n) is 1.95. The summed E-state index contributed by atoms with van der Waals surface area (Å²) in [6.07, 6.45) is 0.241. The molecule has 0 saturated carbocycles. The number of aromatic nitrogens is 2. The summed E-state index contributed by atoms with van der Waals surface area (Å²) in [4.78, 5) is 20.0. The summed E-state index contributed by atoms with van der Waals surface area (Å²) in [6, 6.07) is 7.61. The first-order chi connectivity index (χ1) is 9.49. The van der Waals surface area contributed by atoms with Gasteiger partial charge in [-0.2, -0.15) is 0 Å². The Balaban J connectivity index is 2.54. The lowest BCUT2D eigenvalue weighted by atomic mass is 10.1. The van der Waals surface area contributed by atoms with E-state index in [0.717, 1.165) is 27.2 Å². The molecule has 0 aliphatic heterocycles. The molecule has 4 nitrogen and oxygen atoms in total. The van der Waals surface area contributed by atoms with Crippen molar-refractivity contribution in [3.8, 4) is 17.0 Å². The molecule has 5 heteroatoms. The molecule has 0 amide bonds. The van der Waals surface area contributed by atoms with Gasteiger partial charge in [-0.05, 0) is 38.1 Å². The standard InChI is InChI=1S/C15H15BrN2O2/c1-9-6-13(18-15(17-9)7-10(2)19)12-8-11(16)4-5-14(12)20-3/h4-6,8H,7H2,1-3H3. The summed E-state index contributed by atoms with van der Waals surface area (Å²) < 4.78 is 6.31. The number of ketones is 1. The van der Waals surface area contributed by atoms with Crippen LogP contribution in [0.1, 0.15) is 18.4 Å². The molecule has 0 aliphatic carbocycles. The van der Waals surface area contributed by atoms with Crippen LogP contribution >= 0.6 is 15.9 Å². The van der Waals surface area contributed by atoms with E-state index in [1.54, 1.807) is 7.11 Å². The second kappa shape index (κ2) is 6.13. The van der Waals surface area contributed by atoms with Crippen LogP contribution in [0.3, 0.4) is 0 Å². The van der Waals surface area contributed by atoms with E-state index in [2.05, 4.69) is 25.9 Å². The molecule has 0 radical (unpaired) electrons. The molecule has 1 heterocycles. The summed E-state index contributed by atoms with van der Waals surface area (Å²) >= 11 is 3.45. The Morgan fingerprint density at radius 3 is 2.70 bits per heavy atom. The van der Waals surface area contributed by atoms with Crippen LogP contribution < -0.4 is 4.74 Å². The first-order valence-corrected chi connectivity index (χ1v) is 6.97. The summed E-state index contributed by atoms with van der Waals surface area (Å²) in [5, 5.41) is 0. The third kappa shape index (κ3) is 3.42. The monoisotopic (exact) mass is 334 g/mol. The fourth-order valence-corrected chi connectivity index (χ4v) is 2.31. The van der Waals surface area contributed by atoms with Crippen molar-refractivity contribution in [2.45, 2.75) is 20.3 Å². The Morgan fingerprint density at radius 1 is 1.30 bits per heavy atom. The molecule has 0 fully saturated rings. The third-order valence-electron chi connectivity index (χ3n) is 2.75. The number of rotatable bonds is 4. The van der Waals surface area contributed by atoms with Gasteiger partial charge in [-0.15, -0.1) is 0 Å². The predicted molar refractivity (Wildman–Crippen MR) is 80.8 cm³/mol. The molecule has 0 atom stereocenters. The van der Waals surface area contributed by atoms with Crippen molar-refractivity contribution >= 4 is 21.7 Å². The van der Waals surface area contributed by atoms with E-state index in [1.807, 2.05) is 31.2 Å². The molecular formula is C15H15BrN2O2. The van der Waals surface area contributed by atoms with Gasteiger partial charge in [-0.1, -0.05) is 15.9 Å². The maximum Gasteiger partial charge on any atom is 0.137 e. The van der Waals surface area contributed by atoms with E-state index in [0.29, 0.717) is 5.82 Å². The highest BCUT2D eigenvalue weighted by molar-refractivity contribution is 9.10. The van der Waals surface area contributed by atoms with E-state index in [1.165, 1.54) is 6.92 Å². The van der Waals surface area contributed by atoms with Gasteiger partial charge in [0.2, 0.25) is 0 Å². The molecule has 104 valence electrons. The molecule has 1 aromatic carbocycles. The molecule has 0 unspecified atom stereocenters. The number of ether oxygens (including phenoxy) is 1. The molecule has 0 N–H and O–H groups in total. The second-order valence-corrected chi connectivity index (χ2v) is 5.45. The smallest absolute Gasteiger partial charge is 0.137 e. The Morgan fingerprint density at radius 2 is 2.05 bits per heavy atom. The third-order valence-corrected chi connectivity index (χ3v) is 3.24. The lowest BCUT2D eigenvalue weighted by molar-refractivity contribution is -0.116. The zero-order valence-corrected chi connectivity index (χ0v) is 13.2. The SMILES string of the molecule is COc1ccc(Br)cc1-c1cc(C)nc(CC(C)=O)n1. The number of carbonyl (C=O) groups is 1. The van der Waals surface area contributed by atoms with Gasteiger partial charge in [0.1, 0.15) is 17.4 Å². The van der Waals surface area contributed by atoms with Crippen molar-refractivity contribution in [1.29, 1.82) is 0 Å². The van der Waals surface area contributed by atoms with Gasteiger partial charge in [0.25, 0.3) is 0 Å². The van der Waals surface area contributed by atoms with Gasteiger partial charge in [-0.25, -0.2) is 9.97 Å². The average Bonchev–Trinajstić information content (AvgIpc) is 2.37. The Hall–Kier alpha value is -1.75. The van der Waals surface area contributed by atoms with Gasteiger partial charge in [0, 0.05) is 15.7 Å². The molecule has 20 heavy (non-hydrogen) atoms. The molecule has 2 rings (SSSR count).